The summed E-state index contributed by atoms with van der Waals surface area (Å²) in [5.41, 5.74) is 3.39. The van der Waals surface area contributed by atoms with Crippen LogP contribution in [-0.4, -0.2) is 25.2 Å². The lowest BCUT2D eigenvalue weighted by molar-refractivity contribution is 0.404. The maximum absolute atomic E-state index is 14.7. The van der Waals surface area contributed by atoms with Gasteiger partial charge in [-0.2, -0.15) is 0 Å². The molecule has 3 heterocycles. The molecule has 7 heteroatoms. The van der Waals surface area contributed by atoms with Crippen molar-refractivity contribution in [2.75, 3.05) is 7.11 Å². The fourth-order valence-corrected chi connectivity index (χ4v) is 9.08. The molecule has 3 aromatic carbocycles. The Morgan fingerprint density at radius 1 is 0.676 bits per heavy atom. The monoisotopic (exact) mass is 508 g/mol. The van der Waals surface area contributed by atoms with Crippen LogP contribution in [0.5, 0.6) is 17.4 Å². The van der Waals surface area contributed by atoms with Crippen LogP contribution in [0.25, 0.3) is 22.3 Å². The van der Waals surface area contributed by atoms with Gasteiger partial charge in [0.15, 0.2) is 8.07 Å². The molecule has 1 atom stereocenters. The highest BCUT2D eigenvalue weighted by Crippen LogP contribution is 2.34. The van der Waals surface area contributed by atoms with E-state index in [2.05, 4.69) is 17.6 Å². The summed E-state index contributed by atoms with van der Waals surface area (Å²) in [5.74, 6) is 0.524. The van der Waals surface area contributed by atoms with Gasteiger partial charge in [-0.25, -0.2) is 13.8 Å². The smallest absolute Gasteiger partial charge is 0.222 e. The van der Waals surface area contributed by atoms with Gasteiger partial charge >= 0.3 is 0 Å². The van der Waals surface area contributed by atoms with Crippen LogP contribution < -0.4 is 25.2 Å². The summed E-state index contributed by atoms with van der Waals surface area (Å²) in [4.78, 5) is 8.90. The van der Waals surface area contributed by atoms with Crippen LogP contribution >= 0.6 is 0 Å². The van der Waals surface area contributed by atoms with E-state index in [1.165, 1.54) is 18.2 Å². The standard InChI is InChI=1S/C30H22F2N2O2Si/c1-35-23-10-12-33-29(18-23)36-24-14-20(13-22(32)16-24)19-6-8-25-26-17-21(31)7-9-27(26)37(2,28(25)15-19)30-5-3-4-11-34-30/h3-18H,1-2H3. The third-order valence-corrected chi connectivity index (χ3v) is 11.2. The molecule has 2 aromatic heterocycles. The topological polar surface area (TPSA) is 44.2 Å². The summed E-state index contributed by atoms with van der Waals surface area (Å²) in [7, 11) is -0.959. The van der Waals surface area contributed by atoms with Crippen molar-refractivity contribution in [2.24, 2.45) is 0 Å². The van der Waals surface area contributed by atoms with Gasteiger partial charge in [-0.05, 0) is 75.1 Å². The van der Waals surface area contributed by atoms with Gasteiger partial charge in [0, 0.05) is 29.8 Å². The lowest BCUT2D eigenvalue weighted by atomic mass is 10.00. The van der Waals surface area contributed by atoms with E-state index in [0.717, 1.165) is 32.4 Å². The van der Waals surface area contributed by atoms with Gasteiger partial charge in [0.2, 0.25) is 5.88 Å². The zero-order chi connectivity index (χ0) is 25.6. The van der Waals surface area contributed by atoms with E-state index in [4.69, 9.17) is 14.5 Å². The van der Waals surface area contributed by atoms with Crippen molar-refractivity contribution >= 4 is 23.8 Å². The first-order valence-corrected chi connectivity index (χ1v) is 14.3. The zero-order valence-electron chi connectivity index (χ0n) is 20.2. The molecule has 0 saturated carbocycles. The Morgan fingerprint density at radius 3 is 2.38 bits per heavy atom. The quantitative estimate of drug-likeness (QED) is 0.302. The largest absolute Gasteiger partial charge is 0.497 e. The van der Waals surface area contributed by atoms with Crippen LogP contribution in [0, 0.1) is 11.6 Å². The second-order valence-electron chi connectivity index (χ2n) is 9.10. The van der Waals surface area contributed by atoms with Gasteiger partial charge in [0.05, 0.1) is 7.11 Å². The number of pyridine rings is 2. The van der Waals surface area contributed by atoms with Gasteiger partial charge in [-0.15, -0.1) is 0 Å². The number of hydrogen-bond donors (Lipinski definition) is 0. The van der Waals surface area contributed by atoms with Crippen molar-refractivity contribution < 1.29 is 18.3 Å². The summed E-state index contributed by atoms with van der Waals surface area (Å²) in [6.45, 7) is 2.23. The minimum atomic E-state index is -2.52. The minimum Gasteiger partial charge on any atom is -0.497 e. The van der Waals surface area contributed by atoms with Gasteiger partial charge in [0.25, 0.3) is 0 Å². The molecule has 1 aliphatic heterocycles. The normalized spacial score (nSPS) is 15.7. The summed E-state index contributed by atoms with van der Waals surface area (Å²) in [6.07, 6.45) is 3.36. The molecule has 0 N–H and O–H groups in total. The first-order valence-electron chi connectivity index (χ1n) is 11.8. The lowest BCUT2D eigenvalue weighted by Gasteiger charge is -2.24. The van der Waals surface area contributed by atoms with Crippen LogP contribution in [0.4, 0.5) is 8.78 Å². The Morgan fingerprint density at radius 2 is 1.57 bits per heavy atom. The predicted octanol–water partition coefficient (Wildman–Crippen LogP) is 5.30. The second kappa shape index (κ2) is 8.94. The highest BCUT2D eigenvalue weighted by Gasteiger charge is 2.44. The van der Waals surface area contributed by atoms with E-state index >= 15 is 0 Å². The Hall–Kier alpha value is -4.36. The van der Waals surface area contributed by atoms with Crippen LogP contribution in [0.15, 0.2) is 97.3 Å². The maximum Gasteiger partial charge on any atom is 0.222 e. The Balaban J connectivity index is 1.47. The second-order valence-corrected chi connectivity index (χ2v) is 12.9. The van der Waals surface area contributed by atoms with Crippen molar-refractivity contribution in [2.45, 2.75) is 6.55 Å². The van der Waals surface area contributed by atoms with E-state index in [9.17, 15) is 8.78 Å². The average molecular weight is 509 g/mol. The van der Waals surface area contributed by atoms with Crippen molar-refractivity contribution in [1.82, 2.24) is 9.97 Å². The summed E-state index contributed by atoms with van der Waals surface area (Å²) < 4.78 is 40.1. The molecule has 0 aliphatic carbocycles. The first kappa shape index (κ1) is 23.1. The molecule has 0 radical (unpaired) electrons. The van der Waals surface area contributed by atoms with Crippen LogP contribution in [0.1, 0.15) is 0 Å². The molecule has 1 aliphatic rings. The Kier molecular flexibility index (Phi) is 5.57. The highest BCUT2D eigenvalue weighted by atomic mass is 28.3. The van der Waals surface area contributed by atoms with Gasteiger partial charge in [0.1, 0.15) is 23.1 Å². The molecule has 6 rings (SSSR count). The number of aromatic nitrogens is 2. The molecule has 182 valence electrons. The van der Waals surface area contributed by atoms with Crippen molar-refractivity contribution in [3.8, 4) is 39.6 Å². The number of halogens is 2. The lowest BCUT2D eigenvalue weighted by Crippen LogP contribution is -2.63. The first-order chi connectivity index (χ1) is 18.0. The fourth-order valence-electron chi connectivity index (χ4n) is 5.11. The minimum absolute atomic E-state index is 0.272. The summed E-state index contributed by atoms with van der Waals surface area (Å²) in [5, 5.41) is 3.23. The molecular weight excluding hydrogens is 486 g/mol. The van der Waals surface area contributed by atoms with Gasteiger partial charge in [-0.3, -0.25) is 4.98 Å². The molecule has 0 saturated heterocycles. The number of nitrogens with zero attached hydrogens (tertiary/aromatic N) is 2. The van der Waals surface area contributed by atoms with Gasteiger partial charge < -0.3 is 9.47 Å². The van der Waals surface area contributed by atoms with Gasteiger partial charge in [-0.1, -0.05) is 36.9 Å². The van der Waals surface area contributed by atoms with Crippen molar-refractivity contribution in [3.05, 3.63) is 109 Å². The number of methoxy groups -OCH3 is 1. The van der Waals surface area contributed by atoms with E-state index < -0.39 is 13.9 Å². The fraction of sp³-hybridized carbons (Fsp3) is 0.0667. The maximum atomic E-state index is 14.7. The molecule has 0 spiro atoms. The van der Waals surface area contributed by atoms with Crippen molar-refractivity contribution in [1.29, 1.82) is 0 Å². The number of fused-ring (bicyclic) bond motifs is 3. The van der Waals surface area contributed by atoms with E-state index in [1.807, 2.05) is 36.4 Å². The average Bonchev–Trinajstić information content (AvgIpc) is 3.17. The predicted molar refractivity (Wildman–Crippen MR) is 143 cm³/mol. The third-order valence-electron chi connectivity index (χ3n) is 6.91. The van der Waals surface area contributed by atoms with Crippen LogP contribution in [0.2, 0.25) is 6.55 Å². The molecule has 0 amide bonds. The molecule has 4 nitrogen and oxygen atoms in total. The molecule has 5 aromatic rings. The van der Waals surface area contributed by atoms with Crippen molar-refractivity contribution in [3.63, 3.8) is 0 Å². The number of ether oxygens (including phenoxy) is 2. The third kappa shape index (κ3) is 3.97. The SMILES string of the molecule is COc1ccnc(Oc2cc(F)cc(-c3ccc4c(c3)[Si](C)(c3ccccn3)c3ccc(F)cc3-4)c2)c1. The summed E-state index contributed by atoms with van der Waals surface area (Å²) >= 11 is 0. The summed E-state index contributed by atoms with van der Waals surface area (Å²) in [6, 6.07) is 24.9. The highest BCUT2D eigenvalue weighted by molar-refractivity contribution is 7.13. The van der Waals surface area contributed by atoms with E-state index in [-0.39, 0.29) is 5.82 Å². The van der Waals surface area contributed by atoms with Crippen LogP contribution in [0.3, 0.4) is 0 Å². The van der Waals surface area contributed by atoms with Crippen LogP contribution in [-0.2, 0) is 0 Å². The zero-order valence-corrected chi connectivity index (χ0v) is 21.2. The van der Waals surface area contributed by atoms with E-state index in [0.29, 0.717) is 22.9 Å². The molecule has 37 heavy (non-hydrogen) atoms. The molecular formula is C30H22F2N2O2Si. The number of benzene rings is 3. The number of hydrogen-bond acceptors (Lipinski definition) is 4. The molecule has 0 bridgehead atoms. The Labute approximate surface area is 214 Å². The molecule has 1 unspecified atom stereocenters. The van der Waals surface area contributed by atoms with E-state index in [1.54, 1.807) is 43.8 Å². The number of rotatable bonds is 5. The Bertz CT molecular complexity index is 1640. The molecule has 0 fully saturated rings.